The molecular weight excluding hydrogens is 566 g/mol. The molecule has 0 aliphatic rings. The van der Waals surface area contributed by atoms with Crippen molar-refractivity contribution >= 4 is 11.9 Å². The number of esters is 1. The van der Waals surface area contributed by atoms with Crippen LogP contribution < -0.4 is 10.1 Å². The maximum Gasteiger partial charge on any atom is 0.328 e. The van der Waals surface area contributed by atoms with E-state index < -0.39 is 12.0 Å². The van der Waals surface area contributed by atoms with E-state index >= 15 is 0 Å². The number of carbonyl (C=O) groups excluding carboxylic acids is 2. The molecule has 1 N–H and O–H groups in total. The quantitative estimate of drug-likeness (QED) is 0.107. The molecule has 0 saturated heterocycles. The van der Waals surface area contributed by atoms with Crippen molar-refractivity contribution in [3.05, 3.63) is 89.5 Å². The molecule has 4 rings (SSSR count). The predicted molar refractivity (Wildman–Crippen MR) is 176 cm³/mol. The summed E-state index contributed by atoms with van der Waals surface area (Å²) < 4.78 is 16.4. The highest BCUT2D eigenvalue weighted by Crippen LogP contribution is 2.25. The number of benzene rings is 3. The summed E-state index contributed by atoms with van der Waals surface area (Å²) in [4.78, 5) is 30.1. The Morgan fingerprint density at radius 3 is 2.13 bits per heavy atom. The minimum Gasteiger partial charge on any atom is -0.494 e. The van der Waals surface area contributed by atoms with Gasteiger partial charge in [-0.05, 0) is 59.4 Å². The van der Waals surface area contributed by atoms with E-state index in [9.17, 15) is 9.59 Å². The van der Waals surface area contributed by atoms with Gasteiger partial charge in [0, 0.05) is 23.1 Å². The Balaban J connectivity index is 1.33. The number of nitrogens with zero attached hydrogens (tertiary/aromatic N) is 2. The maximum atomic E-state index is 13.0. The lowest BCUT2D eigenvalue weighted by atomic mass is 9.86. The summed E-state index contributed by atoms with van der Waals surface area (Å²) in [7, 11) is 1.31. The van der Waals surface area contributed by atoms with E-state index in [0.29, 0.717) is 23.9 Å². The number of nitrogens with one attached hydrogen (secondary N) is 1. The summed E-state index contributed by atoms with van der Waals surface area (Å²) in [6.45, 7) is 9.29. The molecule has 0 bridgehead atoms. The molecule has 1 heterocycles. The van der Waals surface area contributed by atoms with E-state index in [1.807, 2.05) is 60.7 Å². The van der Waals surface area contributed by atoms with Crippen molar-refractivity contribution in [2.75, 3.05) is 13.7 Å². The Labute approximate surface area is 266 Å². The third-order valence-corrected chi connectivity index (χ3v) is 7.75. The Morgan fingerprint density at radius 2 is 1.49 bits per heavy atom. The van der Waals surface area contributed by atoms with Crippen LogP contribution in [-0.4, -0.2) is 41.8 Å². The number of carbonyl (C=O) groups is 2. The van der Waals surface area contributed by atoms with Gasteiger partial charge in [0.25, 0.3) is 11.8 Å². The van der Waals surface area contributed by atoms with Gasteiger partial charge in [-0.2, -0.15) is 4.98 Å². The number of hydrogen-bond acceptors (Lipinski definition) is 7. The van der Waals surface area contributed by atoms with Crippen LogP contribution in [0.1, 0.15) is 87.7 Å². The molecule has 0 aliphatic heterocycles. The van der Waals surface area contributed by atoms with Crippen molar-refractivity contribution in [3.8, 4) is 28.6 Å². The summed E-state index contributed by atoms with van der Waals surface area (Å²) in [6, 6.07) is 21.7. The van der Waals surface area contributed by atoms with Crippen LogP contribution in [0.2, 0.25) is 0 Å². The van der Waals surface area contributed by atoms with Crippen molar-refractivity contribution in [1.29, 1.82) is 0 Å². The molecule has 238 valence electrons. The standard InChI is InChI=1S/C37H45N3O5/c1-6-7-8-9-10-11-24-44-31-22-18-29(19-23-31)35-39-33(40-45-35)27-14-12-26(13-15-27)25-32(36(42)43-5)38-34(41)28-16-20-30(21-17-28)37(2,3)4/h12-23,32H,6-11,24-25H2,1-5H3,(H,38,41). The Bertz CT molecular complexity index is 1500. The van der Waals surface area contributed by atoms with Gasteiger partial charge in [0.2, 0.25) is 5.82 Å². The first-order chi connectivity index (χ1) is 21.7. The van der Waals surface area contributed by atoms with E-state index in [4.69, 9.17) is 14.0 Å². The predicted octanol–water partition coefficient (Wildman–Crippen LogP) is 7.95. The monoisotopic (exact) mass is 611 g/mol. The molecule has 1 unspecified atom stereocenters. The summed E-state index contributed by atoms with van der Waals surface area (Å²) in [5, 5.41) is 6.98. The lowest BCUT2D eigenvalue weighted by Crippen LogP contribution is -2.43. The third kappa shape index (κ3) is 9.76. The van der Waals surface area contributed by atoms with E-state index in [1.165, 1.54) is 39.2 Å². The van der Waals surface area contributed by atoms with E-state index in [-0.39, 0.29) is 17.7 Å². The molecule has 0 spiro atoms. The van der Waals surface area contributed by atoms with Gasteiger partial charge in [0.1, 0.15) is 11.8 Å². The van der Waals surface area contributed by atoms with Gasteiger partial charge in [0.05, 0.1) is 13.7 Å². The fourth-order valence-corrected chi connectivity index (χ4v) is 4.95. The first-order valence-corrected chi connectivity index (χ1v) is 15.8. The molecule has 0 saturated carbocycles. The lowest BCUT2D eigenvalue weighted by molar-refractivity contribution is -0.142. The van der Waals surface area contributed by atoms with Crippen molar-refractivity contribution in [1.82, 2.24) is 15.5 Å². The normalized spacial score (nSPS) is 12.0. The molecule has 8 nitrogen and oxygen atoms in total. The van der Waals surface area contributed by atoms with Crippen molar-refractivity contribution in [3.63, 3.8) is 0 Å². The Morgan fingerprint density at radius 1 is 0.844 bits per heavy atom. The highest BCUT2D eigenvalue weighted by atomic mass is 16.5. The number of hydrogen-bond donors (Lipinski definition) is 1. The number of amides is 1. The highest BCUT2D eigenvalue weighted by Gasteiger charge is 2.23. The van der Waals surface area contributed by atoms with Gasteiger partial charge in [-0.1, -0.05) is 101 Å². The van der Waals surface area contributed by atoms with Gasteiger partial charge in [-0.15, -0.1) is 0 Å². The minimum atomic E-state index is -0.842. The van der Waals surface area contributed by atoms with Gasteiger partial charge < -0.3 is 19.3 Å². The minimum absolute atomic E-state index is 0.0216. The smallest absolute Gasteiger partial charge is 0.328 e. The average molecular weight is 612 g/mol. The van der Waals surface area contributed by atoms with Crippen molar-refractivity contribution in [2.24, 2.45) is 0 Å². The van der Waals surface area contributed by atoms with Gasteiger partial charge in [-0.25, -0.2) is 4.79 Å². The summed E-state index contributed by atoms with van der Waals surface area (Å²) in [5.41, 5.74) is 4.01. The topological polar surface area (TPSA) is 104 Å². The molecular formula is C37H45N3O5. The van der Waals surface area contributed by atoms with Crippen molar-refractivity contribution < 1.29 is 23.6 Å². The average Bonchev–Trinajstić information content (AvgIpc) is 3.54. The second-order valence-electron chi connectivity index (χ2n) is 12.3. The molecule has 1 aromatic heterocycles. The van der Waals surface area contributed by atoms with E-state index in [0.717, 1.165) is 34.4 Å². The molecule has 1 atom stereocenters. The zero-order valence-electron chi connectivity index (χ0n) is 27.1. The molecule has 1 amide bonds. The fraction of sp³-hybridized carbons (Fsp3) is 0.405. The third-order valence-electron chi connectivity index (χ3n) is 7.75. The van der Waals surface area contributed by atoms with Crippen LogP contribution >= 0.6 is 0 Å². The molecule has 8 heteroatoms. The highest BCUT2D eigenvalue weighted by molar-refractivity contribution is 5.96. The first kappa shape index (κ1) is 33.4. The number of unbranched alkanes of at least 4 members (excludes halogenated alkanes) is 5. The van der Waals surface area contributed by atoms with Crippen LogP contribution in [0.3, 0.4) is 0 Å². The Hall–Kier alpha value is -4.46. The fourth-order valence-electron chi connectivity index (χ4n) is 4.95. The van der Waals surface area contributed by atoms with Crippen LogP contribution in [0.25, 0.3) is 22.8 Å². The zero-order chi connectivity index (χ0) is 32.2. The number of aromatic nitrogens is 2. The van der Waals surface area contributed by atoms with Crippen LogP contribution in [0.4, 0.5) is 0 Å². The number of rotatable bonds is 15. The molecule has 0 radical (unpaired) electrons. The molecule has 0 aliphatic carbocycles. The number of ether oxygens (including phenoxy) is 2. The van der Waals surface area contributed by atoms with Crippen LogP contribution in [0, 0.1) is 0 Å². The van der Waals surface area contributed by atoms with Gasteiger partial charge in [0.15, 0.2) is 0 Å². The molecule has 4 aromatic rings. The Kier molecular flexibility index (Phi) is 11.9. The van der Waals surface area contributed by atoms with Crippen LogP contribution in [-0.2, 0) is 21.4 Å². The van der Waals surface area contributed by atoms with Gasteiger partial charge in [-0.3, -0.25) is 4.79 Å². The van der Waals surface area contributed by atoms with Crippen LogP contribution in [0.15, 0.2) is 77.3 Å². The van der Waals surface area contributed by atoms with Gasteiger partial charge >= 0.3 is 5.97 Å². The summed E-state index contributed by atoms with van der Waals surface area (Å²) in [6.07, 6.45) is 7.64. The van der Waals surface area contributed by atoms with Crippen molar-refractivity contribution in [2.45, 2.75) is 84.1 Å². The second-order valence-corrected chi connectivity index (χ2v) is 12.3. The van der Waals surface area contributed by atoms with E-state index in [1.54, 1.807) is 12.1 Å². The number of methoxy groups -OCH3 is 1. The zero-order valence-corrected chi connectivity index (χ0v) is 27.1. The van der Waals surface area contributed by atoms with Crippen LogP contribution in [0.5, 0.6) is 5.75 Å². The largest absolute Gasteiger partial charge is 0.494 e. The summed E-state index contributed by atoms with van der Waals surface area (Å²) >= 11 is 0. The molecule has 0 fully saturated rings. The summed E-state index contributed by atoms with van der Waals surface area (Å²) in [5.74, 6) is 0.846. The maximum absolute atomic E-state index is 13.0. The molecule has 45 heavy (non-hydrogen) atoms. The first-order valence-electron chi connectivity index (χ1n) is 15.8. The SMILES string of the molecule is CCCCCCCCOc1ccc(-c2nc(-c3ccc(CC(NC(=O)c4ccc(C(C)(C)C)cc4)C(=O)OC)cc3)no2)cc1. The second kappa shape index (κ2) is 16.0. The van der Waals surface area contributed by atoms with E-state index in [2.05, 4.69) is 43.2 Å². The lowest BCUT2D eigenvalue weighted by Gasteiger charge is -2.20. The molecule has 3 aromatic carbocycles.